The van der Waals surface area contributed by atoms with Crippen LogP contribution in [0.1, 0.15) is 5.56 Å². The zero-order chi connectivity index (χ0) is 11.5. The predicted octanol–water partition coefficient (Wildman–Crippen LogP) is 2.95. The zero-order valence-electron chi connectivity index (χ0n) is 8.44. The molecule has 2 aromatic rings. The number of rotatable bonds is 1. The lowest BCUT2D eigenvalue weighted by Crippen LogP contribution is -1.90. The standard InChI is InChI=1S/C13H9FN2/c14-12-7-11(5-6-13(12)16)10-3-1-9(8-15)2-4-10/h1-7H,16H2. The summed E-state index contributed by atoms with van der Waals surface area (Å²) in [5.74, 6) is -0.429. The molecule has 2 rings (SSSR count). The lowest BCUT2D eigenvalue weighted by molar-refractivity contribution is 0.633. The van der Waals surface area contributed by atoms with Crippen LogP contribution < -0.4 is 5.73 Å². The first-order valence-electron chi connectivity index (χ1n) is 4.76. The molecule has 0 bridgehead atoms. The molecule has 0 aromatic heterocycles. The molecule has 0 unspecified atom stereocenters. The molecule has 16 heavy (non-hydrogen) atoms. The number of nitriles is 1. The molecule has 0 radical (unpaired) electrons. The van der Waals surface area contributed by atoms with Gasteiger partial charge in [0.05, 0.1) is 17.3 Å². The lowest BCUT2D eigenvalue weighted by Gasteiger charge is -2.03. The fourth-order valence-corrected chi connectivity index (χ4v) is 1.44. The van der Waals surface area contributed by atoms with E-state index in [1.54, 1.807) is 30.3 Å². The van der Waals surface area contributed by atoms with Crippen molar-refractivity contribution in [1.29, 1.82) is 5.26 Å². The highest BCUT2D eigenvalue weighted by Gasteiger charge is 2.02. The summed E-state index contributed by atoms with van der Waals surface area (Å²) in [6, 6.07) is 13.7. The van der Waals surface area contributed by atoms with E-state index < -0.39 is 5.82 Å². The van der Waals surface area contributed by atoms with Crippen molar-refractivity contribution in [3.63, 3.8) is 0 Å². The van der Waals surface area contributed by atoms with Crippen LogP contribution in [0, 0.1) is 17.1 Å². The quantitative estimate of drug-likeness (QED) is 0.739. The van der Waals surface area contributed by atoms with E-state index in [4.69, 9.17) is 11.0 Å². The van der Waals surface area contributed by atoms with Crippen LogP contribution in [0.4, 0.5) is 10.1 Å². The molecule has 2 aromatic carbocycles. The van der Waals surface area contributed by atoms with Crippen LogP contribution in [0.15, 0.2) is 42.5 Å². The van der Waals surface area contributed by atoms with E-state index in [9.17, 15) is 4.39 Å². The van der Waals surface area contributed by atoms with Gasteiger partial charge in [0.1, 0.15) is 5.82 Å². The van der Waals surface area contributed by atoms with Crippen molar-refractivity contribution in [2.24, 2.45) is 0 Å². The monoisotopic (exact) mass is 212 g/mol. The molecule has 2 nitrogen and oxygen atoms in total. The second-order valence-corrected chi connectivity index (χ2v) is 3.43. The number of nitrogen functional groups attached to an aromatic ring is 1. The van der Waals surface area contributed by atoms with Crippen LogP contribution in [-0.4, -0.2) is 0 Å². The molecule has 3 heteroatoms. The summed E-state index contributed by atoms with van der Waals surface area (Å²) in [5, 5.41) is 8.65. The smallest absolute Gasteiger partial charge is 0.146 e. The number of hydrogen-bond acceptors (Lipinski definition) is 2. The maximum absolute atomic E-state index is 13.2. The molecule has 0 spiro atoms. The molecule has 0 aliphatic rings. The molecule has 0 heterocycles. The van der Waals surface area contributed by atoms with Crippen LogP contribution >= 0.6 is 0 Å². The summed E-state index contributed by atoms with van der Waals surface area (Å²) in [4.78, 5) is 0. The van der Waals surface area contributed by atoms with Crippen molar-refractivity contribution >= 4 is 5.69 Å². The Morgan fingerprint density at radius 1 is 1.00 bits per heavy atom. The van der Waals surface area contributed by atoms with E-state index in [0.717, 1.165) is 11.1 Å². The summed E-state index contributed by atoms with van der Waals surface area (Å²) < 4.78 is 13.2. The first-order valence-corrected chi connectivity index (χ1v) is 4.76. The minimum Gasteiger partial charge on any atom is -0.396 e. The minimum atomic E-state index is -0.429. The van der Waals surface area contributed by atoms with Gasteiger partial charge in [-0.1, -0.05) is 18.2 Å². The average molecular weight is 212 g/mol. The largest absolute Gasteiger partial charge is 0.396 e. The number of nitrogens with zero attached hydrogens (tertiary/aromatic N) is 1. The molecule has 0 aliphatic carbocycles. The molecule has 0 fully saturated rings. The second kappa shape index (κ2) is 4.03. The van der Waals surface area contributed by atoms with Crippen LogP contribution in [0.3, 0.4) is 0 Å². The van der Waals surface area contributed by atoms with E-state index >= 15 is 0 Å². The maximum Gasteiger partial charge on any atom is 0.146 e. The molecular weight excluding hydrogens is 203 g/mol. The minimum absolute atomic E-state index is 0.136. The van der Waals surface area contributed by atoms with Gasteiger partial charge in [0, 0.05) is 0 Å². The number of benzene rings is 2. The average Bonchev–Trinajstić information content (AvgIpc) is 2.33. The van der Waals surface area contributed by atoms with Crippen molar-refractivity contribution in [2.75, 3.05) is 5.73 Å². The van der Waals surface area contributed by atoms with E-state index in [1.165, 1.54) is 12.1 Å². The normalized spacial score (nSPS) is 9.75. The van der Waals surface area contributed by atoms with Gasteiger partial charge >= 0.3 is 0 Å². The number of anilines is 1. The summed E-state index contributed by atoms with van der Waals surface area (Å²) in [6.45, 7) is 0. The molecule has 0 atom stereocenters. The molecule has 2 N–H and O–H groups in total. The molecule has 0 aliphatic heterocycles. The summed E-state index contributed by atoms with van der Waals surface area (Å²) in [6.07, 6.45) is 0. The summed E-state index contributed by atoms with van der Waals surface area (Å²) in [7, 11) is 0. The van der Waals surface area contributed by atoms with Crippen molar-refractivity contribution in [3.05, 3.63) is 53.8 Å². The fourth-order valence-electron chi connectivity index (χ4n) is 1.44. The molecule has 78 valence electrons. The van der Waals surface area contributed by atoms with Gasteiger partial charge < -0.3 is 5.73 Å². The number of nitrogens with two attached hydrogens (primary N) is 1. The maximum atomic E-state index is 13.2. The Morgan fingerprint density at radius 3 is 2.19 bits per heavy atom. The van der Waals surface area contributed by atoms with E-state index in [0.29, 0.717) is 5.56 Å². The highest BCUT2D eigenvalue weighted by molar-refractivity contribution is 5.66. The molecule has 0 saturated carbocycles. The number of hydrogen-bond donors (Lipinski definition) is 1. The Balaban J connectivity index is 2.43. The Labute approximate surface area is 92.8 Å². The Morgan fingerprint density at radius 2 is 1.62 bits per heavy atom. The first kappa shape index (κ1) is 10.2. The third-order valence-electron chi connectivity index (χ3n) is 2.35. The van der Waals surface area contributed by atoms with E-state index in [-0.39, 0.29) is 5.69 Å². The lowest BCUT2D eigenvalue weighted by atomic mass is 10.0. The van der Waals surface area contributed by atoms with Crippen LogP contribution in [0.25, 0.3) is 11.1 Å². The SMILES string of the molecule is N#Cc1ccc(-c2ccc(N)c(F)c2)cc1. The predicted molar refractivity (Wildman–Crippen MR) is 61.0 cm³/mol. The van der Waals surface area contributed by atoms with Gasteiger partial charge in [-0.15, -0.1) is 0 Å². The van der Waals surface area contributed by atoms with Crippen molar-refractivity contribution < 1.29 is 4.39 Å². The van der Waals surface area contributed by atoms with Gasteiger partial charge in [-0.25, -0.2) is 4.39 Å². The topological polar surface area (TPSA) is 49.8 Å². The van der Waals surface area contributed by atoms with Gasteiger partial charge in [0.2, 0.25) is 0 Å². The Kier molecular flexibility index (Phi) is 2.57. The summed E-state index contributed by atoms with van der Waals surface area (Å²) in [5.41, 5.74) is 7.72. The Bertz CT molecular complexity index is 553. The van der Waals surface area contributed by atoms with Crippen LogP contribution in [0.2, 0.25) is 0 Å². The Hall–Kier alpha value is -2.34. The van der Waals surface area contributed by atoms with Crippen LogP contribution in [0.5, 0.6) is 0 Å². The van der Waals surface area contributed by atoms with Crippen LogP contribution in [-0.2, 0) is 0 Å². The van der Waals surface area contributed by atoms with Gasteiger partial charge in [0.15, 0.2) is 0 Å². The fraction of sp³-hybridized carbons (Fsp3) is 0. The second-order valence-electron chi connectivity index (χ2n) is 3.43. The number of halogens is 1. The van der Waals surface area contributed by atoms with Gasteiger partial charge in [-0.2, -0.15) is 5.26 Å². The zero-order valence-corrected chi connectivity index (χ0v) is 8.44. The molecular formula is C13H9FN2. The molecule has 0 saturated heterocycles. The van der Waals surface area contributed by atoms with E-state index in [1.807, 2.05) is 6.07 Å². The van der Waals surface area contributed by atoms with Crippen molar-refractivity contribution in [2.45, 2.75) is 0 Å². The highest BCUT2D eigenvalue weighted by Crippen LogP contribution is 2.23. The highest BCUT2D eigenvalue weighted by atomic mass is 19.1. The third-order valence-corrected chi connectivity index (χ3v) is 2.35. The van der Waals surface area contributed by atoms with Gasteiger partial charge in [-0.3, -0.25) is 0 Å². The van der Waals surface area contributed by atoms with Crippen molar-refractivity contribution in [1.82, 2.24) is 0 Å². The summed E-state index contributed by atoms with van der Waals surface area (Å²) >= 11 is 0. The van der Waals surface area contributed by atoms with Gasteiger partial charge in [-0.05, 0) is 35.4 Å². The van der Waals surface area contributed by atoms with Crippen molar-refractivity contribution in [3.8, 4) is 17.2 Å². The van der Waals surface area contributed by atoms with Gasteiger partial charge in [0.25, 0.3) is 0 Å². The first-order chi connectivity index (χ1) is 7.70. The third kappa shape index (κ3) is 1.86. The molecule has 0 amide bonds. The van der Waals surface area contributed by atoms with E-state index in [2.05, 4.69) is 0 Å².